The second-order valence-corrected chi connectivity index (χ2v) is 6.66. The second-order valence-electron chi connectivity index (χ2n) is 6.25. The van der Waals surface area contributed by atoms with Gasteiger partial charge in [-0.05, 0) is 23.8 Å². The van der Waals surface area contributed by atoms with Gasteiger partial charge < -0.3 is 0 Å². The number of hydrogen-bond donors (Lipinski definition) is 1. The van der Waals surface area contributed by atoms with Gasteiger partial charge in [0.15, 0.2) is 0 Å². The van der Waals surface area contributed by atoms with E-state index in [4.69, 9.17) is 11.6 Å². The third-order valence-electron chi connectivity index (χ3n) is 4.53. The fourth-order valence-corrected chi connectivity index (χ4v) is 3.52. The summed E-state index contributed by atoms with van der Waals surface area (Å²) >= 11 is 6.11. The van der Waals surface area contributed by atoms with Gasteiger partial charge in [0.2, 0.25) is 0 Å². The summed E-state index contributed by atoms with van der Waals surface area (Å²) in [6.45, 7) is 2.27. The molecule has 4 rings (SSSR count). The molecule has 0 amide bonds. The summed E-state index contributed by atoms with van der Waals surface area (Å²) in [5, 5.41) is 3.34. The Morgan fingerprint density at radius 2 is 1.96 bits per heavy atom. The minimum Gasteiger partial charge on any atom is -0.295 e. The Balaban J connectivity index is 1.63. The van der Waals surface area contributed by atoms with Gasteiger partial charge in [-0.2, -0.15) is 0 Å². The van der Waals surface area contributed by atoms with E-state index in [1.807, 2.05) is 18.2 Å². The standard InChI is InChI=1S/C19H17ClFN3O/c20-16-10-14(21)6-7-18(16)24-19(25)15-12-23(9-8-17(15)22-24)11-13-4-2-1-3-5-13/h1-7,10,22H,8-9,11-12H2. The van der Waals surface area contributed by atoms with Crippen LogP contribution in [0.4, 0.5) is 4.39 Å². The van der Waals surface area contributed by atoms with E-state index in [1.54, 1.807) is 0 Å². The zero-order chi connectivity index (χ0) is 17.4. The second kappa shape index (κ2) is 6.50. The Hall–Kier alpha value is -2.37. The molecule has 0 radical (unpaired) electrons. The normalized spacial score (nSPS) is 14.5. The maximum absolute atomic E-state index is 13.3. The van der Waals surface area contributed by atoms with Gasteiger partial charge in [0.05, 0.1) is 16.3 Å². The van der Waals surface area contributed by atoms with Gasteiger partial charge >= 0.3 is 0 Å². The van der Waals surface area contributed by atoms with E-state index in [1.165, 1.54) is 28.4 Å². The molecule has 3 aromatic rings. The third-order valence-corrected chi connectivity index (χ3v) is 4.83. The SMILES string of the molecule is O=c1c2c([nH]n1-c1ccc(F)cc1Cl)CCN(Cc1ccccc1)C2. The number of nitrogens with zero attached hydrogens (tertiary/aromatic N) is 2. The maximum atomic E-state index is 13.3. The van der Waals surface area contributed by atoms with Gasteiger partial charge in [-0.15, -0.1) is 0 Å². The summed E-state index contributed by atoms with van der Waals surface area (Å²) in [5.74, 6) is -0.424. The van der Waals surface area contributed by atoms with Crippen molar-refractivity contribution in [3.05, 3.63) is 86.5 Å². The van der Waals surface area contributed by atoms with E-state index in [-0.39, 0.29) is 10.6 Å². The fourth-order valence-electron chi connectivity index (χ4n) is 3.27. The van der Waals surface area contributed by atoms with E-state index < -0.39 is 5.82 Å². The van der Waals surface area contributed by atoms with E-state index in [0.29, 0.717) is 12.2 Å². The summed E-state index contributed by atoms with van der Waals surface area (Å²) < 4.78 is 14.7. The molecule has 1 aromatic heterocycles. The monoisotopic (exact) mass is 357 g/mol. The predicted molar refractivity (Wildman–Crippen MR) is 95.6 cm³/mol. The molecule has 0 bridgehead atoms. The van der Waals surface area contributed by atoms with Crippen molar-refractivity contribution in [1.29, 1.82) is 0 Å². The Labute approximate surface area is 149 Å². The average Bonchev–Trinajstić information content (AvgIpc) is 2.92. The molecule has 2 heterocycles. The summed E-state index contributed by atoms with van der Waals surface area (Å²) in [6.07, 6.45) is 0.767. The van der Waals surface area contributed by atoms with Crippen molar-refractivity contribution < 1.29 is 4.39 Å². The molecule has 0 unspecified atom stereocenters. The average molecular weight is 358 g/mol. The molecule has 0 spiro atoms. The highest BCUT2D eigenvalue weighted by Crippen LogP contribution is 2.22. The largest absolute Gasteiger partial charge is 0.295 e. The molecule has 1 aliphatic heterocycles. The highest BCUT2D eigenvalue weighted by Gasteiger charge is 2.23. The van der Waals surface area contributed by atoms with E-state index in [2.05, 4.69) is 22.1 Å². The van der Waals surface area contributed by atoms with Crippen LogP contribution in [0.25, 0.3) is 5.69 Å². The van der Waals surface area contributed by atoms with Crippen LogP contribution in [-0.2, 0) is 19.5 Å². The number of H-pyrrole nitrogens is 1. The van der Waals surface area contributed by atoms with Crippen LogP contribution < -0.4 is 5.56 Å². The Kier molecular flexibility index (Phi) is 4.19. The Bertz CT molecular complexity index is 965. The highest BCUT2D eigenvalue weighted by atomic mass is 35.5. The van der Waals surface area contributed by atoms with Crippen LogP contribution >= 0.6 is 11.6 Å². The van der Waals surface area contributed by atoms with Crippen molar-refractivity contribution in [3.63, 3.8) is 0 Å². The van der Waals surface area contributed by atoms with Crippen molar-refractivity contribution in [3.8, 4) is 5.69 Å². The molecule has 2 aromatic carbocycles. The zero-order valence-electron chi connectivity index (χ0n) is 13.5. The topological polar surface area (TPSA) is 41.0 Å². The minimum atomic E-state index is -0.424. The van der Waals surface area contributed by atoms with Crippen LogP contribution in [-0.4, -0.2) is 21.2 Å². The van der Waals surface area contributed by atoms with Crippen LogP contribution in [0.1, 0.15) is 16.8 Å². The maximum Gasteiger partial charge on any atom is 0.276 e. The van der Waals surface area contributed by atoms with Gasteiger partial charge in [0.25, 0.3) is 5.56 Å². The predicted octanol–water partition coefficient (Wildman–Crippen LogP) is 3.52. The Morgan fingerprint density at radius 1 is 1.16 bits per heavy atom. The van der Waals surface area contributed by atoms with Crippen LogP contribution in [0.3, 0.4) is 0 Å². The molecule has 25 heavy (non-hydrogen) atoms. The zero-order valence-corrected chi connectivity index (χ0v) is 14.3. The van der Waals surface area contributed by atoms with Gasteiger partial charge in [0, 0.05) is 31.7 Å². The first-order valence-electron chi connectivity index (χ1n) is 8.16. The number of rotatable bonds is 3. The molecule has 0 aliphatic carbocycles. The lowest BCUT2D eigenvalue weighted by Crippen LogP contribution is -2.32. The molecule has 4 nitrogen and oxygen atoms in total. The molecule has 1 N–H and O–H groups in total. The smallest absolute Gasteiger partial charge is 0.276 e. The number of nitrogens with one attached hydrogen (secondary N) is 1. The van der Waals surface area contributed by atoms with E-state index in [9.17, 15) is 9.18 Å². The quantitative estimate of drug-likeness (QED) is 0.779. The van der Waals surface area contributed by atoms with Crippen LogP contribution in [0.2, 0.25) is 5.02 Å². The van der Waals surface area contributed by atoms with Gasteiger partial charge in [-0.3, -0.25) is 14.8 Å². The Morgan fingerprint density at radius 3 is 2.72 bits per heavy atom. The highest BCUT2D eigenvalue weighted by molar-refractivity contribution is 6.32. The van der Waals surface area contributed by atoms with Gasteiger partial charge in [0.1, 0.15) is 5.82 Å². The lowest BCUT2D eigenvalue weighted by molar-refractivity contribution is 0.244. The van der Waals surface area contributed by atoms with Gasteiger partial charge in [-0.1, -0.05) is 41.9 Å². The molecule has 0 fully saturated rings. The van der Waals surface area contributed by atoms with Crippen LogP contribution in [0.5, 0.6) is 0 Å². The lowest BCUT2D eigenvalue weighted by Gasteiger charge is -2.25. The number of halogens is 2. The van der Waals surface area contributed by atoms with E-state index >= 15 is 0 Å². The van der Waals surface area contributed by atoms with Crippen LogP contribution in [0.15, 0.2) is 53.3 Å². The number of benzene rings is 2. The van der Waals surface area contributed by atoms with Crippen LogP contribution in [0, 0.1) is 5.82 Å². The molecule has 0 saturated heterocycles. The minimum absolute atomic E-state index is 0.124. The first kappa shape index (κ1) is 16.1. The summed E-state index contributed by atoms with van der Waals surface area (Å²) in [6, 6.07) is 14.2. The number of fused-ring (bicyclic) bond motifs is 1. The molecule has 128 valence electrons. The van der Waals surface area contributed by atoms with Crippen molar-refractivity contribution in [2.24, 2.45) is 0 Å². The molecule has 0 saturated carbocycles. The third kappa shape index (κ3) is 3.13. The molecular formula is C19H17ClFN3O. The molecule has 1 aliphatic rings. The molecule has 6 heteroatoms. The first-order valence-corrected chi connectivity index (χ1v) is 8.54. The van der Waals surface area contributed by atoms with E-state index in [0.717, 1.165) is 30.8 Å². The summed E-state index contributed by atoms with van der Waals surface area (Å²) in [4.78, 5) is 15.1. The molecule has 0 atom stereocenters. The number of hydrogen-bond acceptors (Lipinski definition) is 2. The van der Waals surface area contributed by atoms with Gasteiger partial charge in [-0.25, -0.2) is 9.07 Å². The molecular weight excluding hydrogens is 341 g/mol. The summed E-state index contributed by atoms with van der Waals surface area (Å²) in [7, 11) is 0. The first-order chi connectivity index (χ1) is 12.1. The fraction of sp³-hybridized carbons (Fsp3) is 0.211. The van der Waals surface area contributed by atoms with Crippen molar-refractivity contribution in [2.45, 2.75) is 19.5 Å². The lowest BCUT2D eigenvalue weighted by atomic mass is 10.1. The number of aromatic nitrogens is 2. The summed E-state index contributed by atoms with van der Waals surface area (Å²) in [5.41, 5.74) is 3.25. The van der Waals surface area contributed by atoms with Crippen molar-refractivity contribution in [1.82, 2.24) is 14.7 Å². The number of aromatic amines is 1. The van der Waals surface area contributed by atoms with Crippen molar-refractivity contribution in [2.75, 3.05) is 6.54 Å². The van der Waals surface area contributed by atoms with Crippen molar-refractivity contribution >= 4 is 11.6 Å².